The van der Waals surface area contributed by atoms with Crippen molar-refractivity contribution >= 4 is 17.5 Å². The van der Waals surface area contributed by atoms with E-state index >= 15 is 0 Å². The second-order valence-electron chi connectivity index (χ2n) is 5.18. The highest BCUT2D eigenvalue weighted by atomic mass is 35.5. The van der Waals surface area contributed by atoms with E-state index in [-0.39, 0.29) is 24.5 Å². The molecule has 22 heavy (non-hydrogen) atoms. The van der Waals surface area contributed by atoms with Crippen molar-refractivity contribution in [2.45, 2.75) is 26.3 Å². The molecule has 2 N–H and O–H groups in total. The molecular weight excluding hydrogens is 304 g/mol. The number of aliphatic hydroxyl groups excluding tert-OH is 1. The summed E-state index contributed by atoms with van der Waals surface area (Å²) in [7, 11) is 0. The number of amides is 1. The first-order valence-corrected chi connectivity index (χ1v) is 7.50. The normalized spacial score (nSPS) is 13.6. The first-order chi connectivity index (χ1) is 10.6. The molecule has 0 aliphatic heterocycles. The first-order valence-electron chi connectivity index (χ1n) is 7.13. The van der Waals surface area contributed by atoms with Crippen molar-refractivity contribution in [2.75, 3.05) is 6.61 Å². The summed E-state index contributed by atoms with van der Waals surface area (Å²) in [6.07, 6.45) is 3.95. The van der Waals surface area contributed by atoms with Crippen LogP contribution in [-0.4, -0.2) is 38.4 Å². The topological polar surface area (TPSA) is 80.0 Å². The van der Waals surface area contributed by atoms with Gasteiger partial charge in [0.2, 0.25) is 0 Å². The molecule has 0 aliphatic rings. The molecule has 118 valence electrons. The zero-order chi connectivity index (χ0) is 16.1. The first kappa shape index (κ1) is 16.5. The van der Waals surface area contributed by atoms with Gasteiger partial charge in [0.05, 0.1) is 23.2 Å². The number of benzene rings is 1. The van der Waals surface area contributed by atoms with Gasteiger partial charge < -0.3 is 10.4 Å². The third-order valence-corrected chi connectivity index (χ3v) is 4.09. The van der Waals surface area contributed by atoms with Crippen LogP contribution >= 0.6 is 11.6 Å². The summed E-state index contributed by atoms with van der Waals surface area (Å²) < 4.78 is 1.69. The van der Waals surface area contributed by atoms with E-state index in [1.807, 2.05) is 13.8 Å². The quantitative estimate of drug-likeness (QED) is 0.853. The fraction of sp³-hybridized carbons (Fsp3) is 0.400. The number of carbonyl (C=O) groups excluding carboxylic acids is 1. The summed E-state index contributed by atoms with van der Waals surface area (Å²) in [5.41, 5.74) is 1.10. The van der Waals surface area contributed by atoms with Crippen LogP contribution in [0.15, 0.2) is 30.9 Å². The van der Waals surface area contributed by atoms with E-state index in [1.54, 1.807) is 35.4 Å². The van der Waals surface area contributed by atoms with Crippen LogP contribution in [0.2, 0.25) is 5.02 Å². The van der Waals surface area contributed by atoms with Crippen LogP contribution < -0.4 is 5.32 Å². The average molecular weight is 323 g/mol. The monoisotopic (exact) mass is 322 g/mol. The van der Waals surface area contributed by atoms with Crippen molar-refractivity contribution in [2.24, 2.45) is 5.92 Å². The molecular formula is C15H19ClN4O2. The molecule has 0 radical (unpaired) electrons. The van der Waals surface area contributed by atoms with Crippen LogP contribution in [0.5, 0.6) is 0 Å². The standard InChI is InChI=1S/C15H19ClN4O2/c1-3-10(2)14(7-21)19-15(22)12-6-11(4-5-13(12)16)20-8-17-18-9-20/h4-6,8-10,14,21H,3,7H2,1-2H3,(H,19,22)/t10-,14-/m0/s1. The van der Waals surface area contributed by atoms with E-state index in [4.69, 9.17) is 11.6 Å². The third kappa shape index (κ3) is 3.64. The summed E-state index contributed by atoms with van der Waals surface area (Å²) in [6, 6.07) is 4.81. The predicted octanol–water partition coefficient (Wildman–Crippen LogP) is 2.06. The van der Waals surface area contributed by atoms with Crippen molar-refractivity contribution in [1.29, 1.82) is 0 Å². The maximum absolute atomic E-state index is 12.4. The number of carbonyl (C=O) groups is 1. The summed E-state index contributed by atoms with van der Waals surface area (Å²) >= 11 is 6.13. The molecule has 6 nitrogen and oxygen atoms in total. The zero-order valence-electron chi connectivity index (χ0n) is 12.5. The minimum atomic E-state index is -0.306. The van der Waals surface area contributed by atoms with Crippen molar-refractivity contribution in [1.82, 2.24) is 20.1 Å². The van der Waals surface area contributed by atoms with Gasteiger partial charge in [-0.2, -0.15) is 0 Å². The Labute approximate surface area is 134 Å². The molecule has 0 spiro atoms. The molecule has 2 aromatic rings. The van der Waals surface area contributed by atoms with E-state index in [2.05, 4.69) is 15.5 Å². The van der Waals surface area contributed by atoms with Crippen molar-refractivity contribution in [3.63, 3.8) is 0 Å². The van der Waals surface area contributed by atoms with Gasteiger partial charge in [0, 0.05) is 5.69 Å². The third-order valence-electron chi connectivity index (χ3n) is 3.76. The summed E-state index contributed by atoms with van der Waals surface area (Å²) in [5.74, 6) is -0.131. The van der Waals surface area contributed by atoms with E-state index in [0.29, 0.717) is 10.6 Å². The molecule has 0 unspecified atom stereocenters. The highest BCUT2D eigenvalue weighted by Crippen LogP contribution is 2.20. The van der Waals surface area contributed by atoms with Crippen LogP contribution in [0, 0.1) is 5.92 Å². The Morgan fingerprint density at radius 3 is 2.68 bits per heavy atom. The molecule has 2 atom stereocenters. The fourth-order valence-corrected chi connectivity index (χ4v) is 2.28. The Morgan fingerprint density at radius 2 is 2.09 bits per heavy atom. The summed E-state index contributed by atoms with van der Waals surface area (Å²) in [5, 5.41) is 20.1. The van der Waals surface area contributed by atoms with Gasteiger partial charge in [0.15, 0.2) is 0 Å². The van der Waals surface area contributed by atoms with Crippen molar-refractivity contribution < 1.29 is 9.90 Å². The molecule has 0 bridgehead atoms. The van der Waals surface area contributed by atoms with Crippen molar-refractivity contribution in [3.05, 3.63) is 41.4 Å². The minimum absolute atomic E-state index is 0.108. The van der Waals surface area contributed by atoms with E-state index in [9.17, 15) is 9.90 Å². The van der Waals surface area contributed by atoms with Crippen LogP contribution in [0.4, 0.5) is 0 Å². The van der Waals surface area contributed by atoms with Crippen LogP contribution in [-0.2, 0) is 0 Å². The van der Waals surface area contributed by atoms with Gasteiger partial charge in [-0.05, 0) is 24.1 Å². The van der Waals surface area contributed by atoms with Crippen LogP contribution in [0.1, 0.15) is 30.6 Å². The number of aliphatic hydroxyl groups is 1. The minimum Gasteiger partial charge on any atom is -0.394 e. The number of aromatic nitrogens is 3. The molecule has 1 heterocycles. The molecule has 0 saturated heterocycles. The Hall–Kier alpha value is -1.92. The lowest BCUT2D eigenvalue weighted by Gasteiger charge is -2.22. The molecule has 0 aliphatic carbocycles. The summed E-state index contributed by atoms with van der Waals surface area (Å²) in [6.45, 7) is 3.89. The number of halogens is 1. The Balaban J connectivity index is 2.24. The van der Waals surface area contributed by atoms with E-state index in [1.165, 1.54) is 0 Å². The smallest absolute Gasteiger partial charge is 0.253 e. The number of nitrogens with zero attached hydrogens (tertiary/aromatic N) is 3. The molecule has 1 amide bonds. The second-order valence-corrected chi connectivity index (χ2v) is 5.59. The van der Waals surface area contributed by atoms with Gasteiger partial charge in [-0.3, -0.25) is 9.36 Å². The lowest BCUT2D eigenvalue weighted by molar-refractivity contribution is 0.0891. The number of hydrogen-bond acceptors (Lipinski definition) is 4. The second kappa shape index (κ2) is 7.38. The van der Waals surface area contributed by atoms with Gasteiger partial charge in [0.25, 0.3) is 5.91 Å². The molecule has 1 aromatic carbocycles. The van der Waals surface area contributed by atoms with Crippen LogP contribution in [0.3, 0.4) is 0 Å². The Bertz CT molecular complexity index is 630. The molecule has 0 fully saturated rings. The molecule has 7 heteroatoms. The lowest BCUT2D eigenvalue weighted by atomic mass is 9.99. The van der Waals surface area contributed by atoms with Crippen LogP contribution in [0.25, 0.3) is 5.69 Å². The maximum Gasteiger partial charge on any atom is 0.253 e. The van der Waals surface area contributed by atoms with Gasteiger partial charge in [-0.1, -0.05) is 31.9 Å². The maximum atomic E-state index is 12.4. The molecule has 2 rings (SSSR count). The lowest BCUT2D eigenvalue weighted by Crippen LogP contribution is -2.42. The number of nitrogens with one attached hydrogen (secondary N) is 1. The van der Waals surface area contributed by atoms with Gasteiger partial charge in [-0.15, -0.1) is 10.2 Å². The Morgan fingerprint density at radius 1 is 1.41 bits per heavy atom. The highest BCUT2D eigenvalue weighted by Gasteiger charge is 2.20. The van der Waals surface area contributed by atoms with Gasteiger partial charge in [-0.25, -0.2) is 0 Å². The molecule has 1 aromatic heterocycles. The van der Waals surface area contributed by atoms with Crippen molar-refractivity contribution in [3.8, 4) is 5.69 Å². The van der Waals surface area contributed by atoms with Gasteiger partial charge in [0.1, 0.15) is 12.7 Å². The predicted molar refractivity (Wildman–Crippen MR) is 84.2 cm³/mol. The average Bonchev–Trinajstić information content (AvgIpc) is 3.06. The molecule has 0 saturated carbocycles. The fourth-order valence-electron chi connectivity index (χ4n) is 2.08. The van der Waals surface area contributed by atoms with E-state index < -0.39 is 0 Å². The number of hydrogen-bond donors (Lipinski definition) is 2. The highest BCUT2D eigenvalue weighted by molar-refractivity contribution is 6.33. The summed E-state index contributed by atoms with van der Waals surface area (Å²) in [4.78, 5) is 12.4. The van der Waals surface area contributed by atoms with Gasteiger partial charge >= 0.3 is 0 Å². The Kier molecular flexibility index (Phi) is 5.51. The largest absolute Gasteiger partial charge is 0.394 e. The van der Waals surface area contributed by atoms with E-state index in [0.717, 1.165) is 12.1 Å². The zero-order valence-corrected chi connectivity index (χ0v) is 13.3. The SMILES string of the molecule is CC[C@H](C)[C@H](CO)NC(=O)c1cc(-n2cnnc2)ccc1Cl. The number of rotatable bonds is 6.